The molecule has 1 unspecified atom stereocenters. The van der Waals surface area contributed by atoms with Crippen molar-refractivity contribution < 1.29 is 94.8 Å². The van der Waals surface area contributed by atoms with E-state index in [9.17, 15) is 61.8 Å². The molecule has 2 aliphatic heterocycles. The maximum absolute atomic E-state index is 12.8. The molecule has 0 aromatic heterocycles. The van der Waals surface area contributed by atoms with Gasteiger partial charge >= 0.3 is 5.97 Å². The lowest BCUT2D eigenvalue weighted by molar-refractivity contribution is -0.433. The number of methoxy groups -OCH3 is 1. The Morgan fingerprint density at radius 3 is 1.57 bits per heavy atom. The van der Waals surface area contributed by atoms with Crippen LogP contribution in [0.15, 0.2) is 92.0 Å². The largest absolute Gasteiger partial charge is 0.744 e. The summed E-state index contributed by atoms with van der Waals surface area (Å²) in [5.41, 5.74) is 0.794. The molecule has 424 valence electrons. The molecule has 4 aromatic rings. The molecule has 0 radical (unpaired) electrons. The zero-order valence-electron chi connectivity index (χ0n) is 43.3. The summed E-state index contributed by atoms with van der Waals surface area (Å²) < 4.78 is 186. The Kier molecular flexibility index (Phi) is 20.4. The van der Waals surface area contributed by atoms with Gasteiger partial charge in [0.15, 0.2) is 5.71 Å². The van der Waals surface area contributed by atoms with Crippen molar-refractivity contribution in [3.63, 3.8) is 0 Å². The highest BCUT2D eigenvalue weighted by atomic mass is 32.2. The Balaban J connectivity index is 1.38. The number of aliphatic carboxylic acids is 1. The number of carbonyl (C=O) groups is 1. The van der Waals surface area contributed by atoms with Crippen molar-refractivity contribution in [3.8, 4) is 0 Å². The number of fused-ring (bicyclic) bond motifs is 6. The Labute approximate surface area is 449 Å². The van der Waals surface area contributed by atoms with Crippen LogP contribution in [0.4, 0.5) is 11.4 Å². The predicted octanol–water partition coefficient (Wildman–Crippen LogP) is 4.99. The summed E-state index contributed by atoms with van der Waals surface area (Å²) in [4.78, 5) is 9.74. The maximum atomic E-state index is 12.8. The SMILES string of the molecule is CC[N+]1=C(/C=C/C=C2/N(CCCCCC(=O)O)c3ccc4c(S(=O)(=O)[O-])cc(S(=O)(=O)[O-])cc4c3C2(C)CCOCCOCCOCCOCCOCCOC)C(C)(C)c2c1ccc1c(S(=O)(=O)[O-])cc(S(=O)(=O)[O-])cc21. The molecule has 1 atom stereocenters. The number of unbranched alkanes of at least 4 members (excludes halogenated alkanes) is 2. The van der Waals surface area contributed by atoms with Gasteiger partial charge in [0.1, 0.15) is 47.0 Å². The summed E-state index contributed by atoms with van der Waals surface area (Å²) in [6, 6.07) is 9.19. The number of benzene rings is 4. The smallest absolute Gasteiger partial charge is 0.303 e. The first-order chi connectivity index (χ1) is 36.2. The van der Waals surface area contributed by atoms with E-state index in [1.807, 2.05) is 23.3 Å². The first-order valence-corrected chi connectivity index (χ1v) is 30.3. The van der Waals surface area contributed by atoms with E-state index >= 15 is 0 Å². The van der Waals surface area contributed by atoms with E-state index in [0.717, 1.165) is 12.1 Å². The van der Waals surface area contributed by atoms with Crippen LogP contribution in [0.2, 0.25) is 0 Å². The van der Waals surface area contributed by atoms with Crippen LogP contribution < -0.4 is 4.90 Å². The average molecular weight is 1150 g/mol. The fraction of sp³-hybridized carbons (Fsp3) is 0.490. The second-order valence-electron chi connectivity index (χ2n) is 18.9. The first kappa shape index (κ1) is 61.4. The van der Waals surface area contributed by atoms with Crippen LogP contribution >= 0.6 is 0 Å². The minimum absolute atomic E-state index is 0.00784. The molecule has 0 amide bonds. The van der Waals surface area contributed by atoms with Gasteiger partial charge in [0, 0.05) is 66.6 Å². The normalized spacial score (nSPS) is 17.4. The number of anilines is 1. The van der Waals surface area contributed by atoms with Crippen LogP contribution in [0.5, 0.6) is 0 Å². The molecule has 0 spiro atoms. The molecule has 0 saturated carbocycles. The van der Waals surface area contributed by atoms with E-state index < -0.39 is 76.9 Å². The van der Waals surface area contributed by atoms with E-state index in [1.54, 1.807) is 51.3 Å². The van der Waals surface area contributed by atoms with Crippen LogP contribution in [0, 0.1) is 0 Å². The third-order valence-corrected chi connectivity index (χ3v) is 16.9. The molecule has 1 N–H and O–H groups in total. The summed E-state index contributed by atoms with van der Waals surface area (Å²) in [5, 5.41) is 9.22. The monoisotopic (exact) mass is 1150 g/mol. The number of hydrogen-bond acceptors (Lipinski definition) is 20. The number of rotatable bonds is 31. The highest BCUT2D eigenvalue weighted by molar-refractivity contribution is 7.87. The third kappa shape index (κ3) is 14.5. The van der Waals surface area contributed by atoms with Crippen LogP contribution in [-0.2, 0) is 84.5 Å². The number of carboxylic acid groups (broad SMARTS) is 1. The first-order valence-electron chi connectivity index (χ1n) is 24.6. The van der Waals surface area contributed by atoms with Crippen LogP contribution in [0.3, 0.4) is 0 Å². The van der Waals surface area contributed by atoms with E-state index in [0.29, 0.717) is 118 Å². The molecule has 6 rings (SSSR count). The lowest BCUT2D eigenvalue weighted by Gasteiger charge is -2.31. The van der Waals surface area contributed by atoms with Gasteiger partial charge < -0.3 is 56.6 Å². The van der Waals surface area contributed by atoms with Crippen LogP contribution in [0.1, 0.15) is 70.9 Å². The Hall–Kier alpha value is -4.78. The van der Waals surface area contributed by atoms with Crippen LogP contribution in [-0.4, -0.2) is 166 Å². The number of ether oxygens (including phenoxy) is 6. The van der Waals surface area contributed by atoms with E-state index in [4.69, 9.17) is 28.4 Å². The summed E-state index contributed by atoms with van der Waals surface area (Å²) in [6.07, 6.45) is 6.65. The van der Waals surface area contributed by atoms with Crippen molar-refractivity contribution in [2.45, 2.75) is 90.2 Å². The topological polar surface area (TPSA) is 328 Å². The minimum atomic E-state index is -5.37. The Morgan fingerprint density at radius 1 is 0.623 bits per heavy atom. The fourth-order valence-corrected chi connectivity index (χ4v) is 12.7. The van der Waals surface area contributed by atoms with Crippen molar-refractivity contribution in [1.82, 2.24) is 0 Å². The van der Waals surface area contributed by atoms with Gasteiger partial charge in [-0.05, 0) is 111 Å². The lowest BCUT2D eigenvalue weighted by atomic mass is 9.76. The number of hydrogen-bond donors (Lipinski definition) is 1. The van der Waals surface area contributed by atoms with Gasteiger partial charge in [-0.1, -0.05) is 18.6 Å². The van der Waals surface area contributed by atoms with Gasteiger partial charge in [0.05, 0.1) is 91.1 Å². The van der Waals surface area contributed by atoms with Crippen molar-refractivity contribution in [2.24, 2.45) is 0 Å². The average Bonchev–Trinajstić information content (AvgIpc) is 3.80. The predicted molar refractivity (Wildman–Crippen MR) is 277 cm³/mol. The highest BCUT2D eigenvalue weighted by Crippen LogP contribution is 2.54. The van der Waals surface area contributed by atoms with Crippen molar-refractivity contribution >= 4 is 85.1 Å². The molecule has 2 aliphatic rings. The Morgan fingerprint density at radius 2 is 1.10 bits per heavy atom. The highest BCUT2D eigenvalue weighted by Gasteiger charge is 2.47. The van der Waals surface area contributed by atoms with E-state index in [-0.39, 0.29) is 67.4 Å². The van der Waals surface area contributed by atoms with E-state index in [2.05, 4.69) is 0 Å². The summed E-state index contributed by atoms with van der Waals surface area (Å²) in [5.74, 6) is -0.971. The second kappa shape index (κ2) is 25.6. The van der Waals surface area contributed by atoms with Crippen molar-refractivity contribution in [3.05, 3.63) is 83.6 Å². The van der Waals surface area contributed by atoms with Crippen LogP contribution in [0.25, 0.3) is 21.5 Å². The standard InChI is InChI=1S/C51H66N2O20S4/c1-6-52-41-16-14-37-39(31-35(74(56,57)58)33-43(37)76(62,63)64)48(41)50(2,3)45(52)11-10-12-46-51(4,18-20-69-23-24-71-27-28-73-30-29-72-26-25-70-22-21-68-5)49-40-32-36(75(59,60)61)34-44(77(65,66)67)38(40)15-17-42(49)53(46)19-9-7-8-13-47(54)55/h10-12,14-17,31-34H,6-9,13,18-30H2,1-5H3,(H4-,54,55,56,57,58,59,60,61,62,63,64,65,66,67)/p-3. The molecule has 0 bridgehead atoms. The molecule has 0 saturated heterocycles. The van der Waals surface area contributed by atoms with Gasteiger partial charge in [-0.2, -0.15) is 4.58 Å². The molecule has 0 fully saturated rings. The zero-order chi connectivity index (χ0) is 56.6. The number of allylic oxidation sites excluding steroid dienone is 4. The van der Waals surface area contributed by atoms with Crippen molar-refractivity contribution in [1.29, 1.82) is 0 Å². The summed E-state index contributed by atoms with van der Waals surface area (Å²) in [6.45, 7) is 11.3. The maximum Gasteiger partial charge on any atom is 0.303 e. The molecular formula is C51H63N2O20S4-3. The molecule has 77 heavy (non-hydrogen) atoms. The molecule has 4 aromatic carbocycles. The van der Waals surface area contributed by atoms with Gasteiger partial charge in [-0.25, -0.2) is 33.7 Å². The molecule has 2 heterocycles. The second-order valence-corrected chi connectivity index (χ2v) is 24.4. The quantitative estimate of drug-likeness (QED) is 0.0394. The lowest BCUT2D eigenvalue weighted by Crippen LogP contribution is -2.31. The van der Waals surface area contributed by atoms with Gasteiger partial charge in [0.25, 0.3) is 0 Å². The third-order valence-electron chi connectivity index (χ3n) is 13.5. The van der Waals surface area contributed by atoms with E-state index in [1.165, 1.54) is 12.1 Å². The van der Waals surface area contributed by atoms with Crippen molar-refractivity contribution in [2.75, 3.05) is 97.8 Å². The fourth-order valence-electron chi connectivity index (χ4n) is 10.0. The van der Waals surface area contributed by atoms with Gasteiger partial charge in [0.2, 0.25) is 5.69 Å². The van der Waals surface area contributed by atoms with Gasteiger partial charge in [-0.15, -0.1) is 0 Å². The molecule has 26 heteroatoms. The van der Waals surface area contributed by atoms with Gasteiger partial charge in [-0.3, -0.25) is 4.79 Å². The summed E-state index contributed by atoms with van der Waals surface area (Å²) >= 11 is 0. The minimum Gasteiger partial charge on any atom is -0.744 e. The molecular weight excluding hydrogens is 1090 g/mol. The zero-order valence-corrected chi connectivity index (χ0v) is 46.6. The number of nitrogens with zero attached hydrogens (tertiary/aromatic N) is 2. The number of carboxylic acids is 1. The molecule has 0 aliphatic carbocycles. The Bertz CT molecular complexity index is 3390. The summed E-state index contributed by atoms with van der Waals surface area (Å²) in [7, 11) is -19.6. The molecule has 22 nitrogen and oxygen atoms in total.